The number of rotatable bonds is 3. The lowest BCUT2D eigenvalue weighted by molar-refractivity contribution is -0.132. The van der Waals surface area contributed by atoms with Gasteiger partial charge in [-0.2, -0.15) is 0 Å². The Morgan fingerprint density at radius 3 is 2.52 bits per heavy atom. The van der Waals surface area contributed by atoms with Gasteiger partial charge in [-0.25, -0.2) is 0 Å². The molecule has 0 spiro atoms. The van der Waals surface area contributed by atoms with E-state index in [4.69, 9.17) is 0 Å². The Morgan fingerprint density at radius 1 is 1.10 bits per heavy atom. The second kappa shape index (κ2) is 7.45. The van der Waals surface area contributed by atoms with Crippen molar-refractivity contribution >= 4 is 24.2 Å². The van der Waals surface area contributed by atoms with Gasteiger partial charge in [0, 0.05) is 19.1 Å². The fourth-order valence-corrected chi connectivity index (χ4v) is 3.89. The largest absolute Gasteiger partial charge is 0.346 e. The van der Waals surface area contributed by atoms with Gasteiger partial charge >= 0.3 is 0 Å². The van der Waals surface area contributed by atoms with Crippen LogP contribution in [0.4, 0.5) is 0 Å². The Labute approximate surface area is 132 Å². The van der Waals surface area contributed by atoms with Gasteiger partial charge in [-0.3, -0.25) is 9.59 Å². The summed E-state index contributed by atoms with van der Waals surface area (Å²) in [4.78, 5) is 25.9. The first-order valence-electron chi connectivity index (χ1n) is 8.05. The van der Waals surface area contributed by atoms with Crippen molar-refractivity contribution in [1.29, 1.82) is 0 Å². The fourth-order valence-electron chi connectivity index (χ4n) is 3.89. The van der Waals surface area contributed by atoms with Crippen LogP contribution in [0.25, 0.3) is 0 Å². The molecule has 0 radical (unpaired) electrons. The van der Waals surface area contributed by atoms with Crippen LogP contribution < -0.4 is 10.6 Å². The van der Waals surface area contributed by atoms with Gasteiger partial charge in [0.2, 0.25) is 11.8 Å². The number of carbonyl (C=O) groups excluding carboxylic acids is 2. The zero-order chi connectivity index (χ0) is 13.9. The Kier molecular flexibility index (Phi) is 5.88. The van der Waals surface area contributed by atoms with Gasteiger partial charge in [0.25, 0.3) is 0 Å². The minimum Gasteiger partial charge on any atom is -0.346 e. The molecule has 1 saturated carbocycles. The average Bonchev–Trinajstić information content (AvgIpc) is 3.12. The predicted octanol–water partition coefficient (Wildman–Crippen LogP) is 1.07. The molecule has 3 aliphatic rings. The lowest BCUT2D eigenvalue weighted by Crippen LogP contribution is -2.46. The minimum absolute atomic E-state index is 0. The highest BCUT2D eigenvalue weighted by Crippen LogP contribution is 2.33. The number of carbonyl (C=O) groups is 2. The van der Waals surface area contributed by atoms with Gasteiger partial charge in [0.1, 0.15) is 0 Å². The topological polar surface area (TPSA) is 61.4 Å². The molecule has 0 aromatic heterocycles. The quantitative estimate of drug-likeness (QED) is 0.819. The van der Waals surface area contributed by atoms with Crippen molar-refractivity contribution in [2.75, 3.05) is 19.6 Å². The summed E-state index contributed by atoms with van der Waals surface area (Å²) in [6, 6.07) is 0.434. The summed E-state index contributed by atoms with van der Waals surface area (Å²) in [7, 11) is 0. The van der Waals surface area contributed by atoms with E-state index >= 15 is 0 Å². The van der Waals surface area contributed by atoms with E-state index in [0.29, 0.717) is 12.0 Å². The molecule has 2 aliphatic heterocycles. The summed E-state index contributed by atoms with van der Waals surface area (Å²) in [6.07, 6.45) is 8.13. The second-order valence-corrected chi connectivity index (χ2v) is 6.41. The van der Waals surface area contributed by atoms with Crippen LogP contribution >= 0.6 is 12.4 Å². The van der Waals surface area contributed by atoms with Crippen molar-refractivity contribution in [2.45, 2.75) is 57.0 Å². The molecule has 120 valence electrons. The van der Waals surface area contributed by atoms with Gasteiger partial charge < -0.3 is 15.5 Å². The van der Waals surface area contributed by atoms with Gasteiger partial charge in [-0.1, -0.05) is 12.8 Å². The standard InChI is InChI=1S/C15H25N3O2.ClH/c19-14(18-7-3-4-8-18)10-16-15(20)13-9-11-5-1-2-6-12(11)17-13;/h11-13,17H,1-10H2,(H,16,20);1H. The molecule has 2 N–H and O–H groups in total. The number of amides is 2. The molecule has 3 atom stereocenters. The molecule has 2 heterocycles. The number of hydrogen-bond donors (Lipinski definition) is 2. The van der Waals surface area contributed by atoms with Crippen LogP contribution in [0.1, 0.15) is 44.9 Å². The highest BCUT2D eigenvalue weighted by molar-refractivity contribution is 5.87. The van der Waals surface area contributed by atoms with Crippen LogP contribution in [0.3, 0.4) is 0 Å². The number of nitrogens with one attached hydrogen (secondary N) is 2. The molecule has 3 fully saturated rings. The first-order chi connectivity index (χ1) is 9.74. The Balaban J connectivity index is 0.00000161. The maximum absolute atomic E-state index is 12.2. The van der Waals surface area contributed by atoms with Crippen molar-refractivity contribution in [3.05, 3.63) is 0 Å². The van der Waals surface area contributed by atoms with Crippen LogP contribution in [0.5, 0.6) is 0 Å². The first kappa shape index (κ1) is 16.6. The molecule has 6 heteroatoms. The van der Waals surface area contributed by atoms with Gasteiger partial charge in [0.05, 0.1) is 12.6 Å². The van der Waals surface area contributed by atoms with Crippen LogP contribution in [0.2, 0.25) is 0 Å². The second-order valence-electron chi connectivity index (χ2n) is 6.41. The normalized spacial score (nSPS) is 31.4. The third-order valence-corrected chi connectivity index (χ3v) is 5.05. The zero-order valence-electron chi connectivity index (χ0n) is 12.5. The predicted molar refractivity (Wildman–Crippen MR) is 83.4 cm³/mol. The Hall–Kier alpha value is -0.810. The lowest BCUT2D eigenvalue weighted by atomic mass is 9.85. The summed E-state index contributed by atoms with van der Waals surface area (Å²) in [5.41, 5.74) is 0. The smallest absolute Gasteiger partial charge is 0.241 e. The van der Waals surface area contributed by atoms with Crippen LogP contribution in [0.15, 0.2) is 0 Å². The van der Waals surface area contributed by atoms with Gasteiger partial charge in [0.15, 0.2) is 0 Å². The SMILES string of the molecule is Cl.O=C(NCC(=O)N1CCCC1)C1CC2CCCCC2N1. The monoisotopic (exact) mass is 315 g/mol. The van der Waals surface area contributed by atoms with E-state index in [9.17, 15) is 9.59 Å². The van der Waals surface area contributed by atoms with E-state index in [2.05, 4.69) is 10.6 Å². The number of halogens is 1. The maximum Gasteiger partial charge on any atom is 0.241 e. The van der Waals surface area contributed by atoms with Gasteiger partial charge in [-0.05, 0) is 38.0 Å². The van der Waals surface area contributed by atoms with E-state index in [1.807, 2.05) is 4.90 Å². The molecular weight excluding hydrogens is 290 g/mol. The van der Waals surface area contributed by atoms with Crippen molar-refractivity contribution in [3.63, 3.8) is 0 Å². The van der Waals surface area contributed by atoms with Crippen LogP contribution in [-0.2, 0) is 9.59 Å². The van der Waals surface area contributed by atoms with E-state index in [1.54, 1.807) is 0 Å². The van der Waals surface area contributed by atoms with Crippen molar-refractivity contribution in [3.8, 4) is 0 Å². The number of nitrogens with zero attached hydrogens (tertiary/aromatic N) is 1. The fraction of sp³-hybridized carbons (Fsp3) is 0.867. The molecule has 0 aromatic rings. The third kappa shape index (κ3) is 3.89. The first-order valence-corrected chi connectivity index (χ1v) is 8.05. The zero-order valence-corrected chi connectivity index (χ0v) is 13.3. The molecular formula is C15H26ClN3O2. The highest BCUT2D eigenvalue weighted by Gasteiger charge is 2.38. The van der Waals surface area contributed by atoms with Crippen molar-refractivity contribution < 1.29 is 9.59 Å². The van der Waals surface area contributed by atoms with Gasteiger partial charge in [-0.15, -0.1) is 12.4 Å². The van der Waals surface area contributed by atoms with E-state index < -0.39 is 0 Å². The highest BCUT2D eigenvalue weighted by atomic mass is 35.5. The lowest BCUT2D eigenvalue weighted by Gasteiger charge is -2.24. The summed E-state index contributed by atoms with van der Waals surface area (Å²) < 4.78 is 0. The van der Waals surface area contributed by atoms with Crippen molar-refractivity contribution in [2.24, 2.45) is 5.92 Å². The Morgan fingerprint density at radius 2 is 1.81 bits per heavy atom. The molecule has 5 nitrogen and oxygen atoms in total. The molecule has 3 unspecified atom stereocenters. The number of hydrogen-bond acceptors (Lipinski definition) is 3. The summed E-state index contributed by atoms with van der Waals surface area (Å²) in [5.74, 6) is 0.729. The minimum atomic E-state index is -0.0884. The van der Waals surface area contributed by atoms with E-state index in [-0.39, 0.29) is 36.8 Å². The molecule has 3 rings (SSSR count). The summed E-state index contributed by atoms with van der Waals surface area (Å²) >= 11 is 0. The number of fused-ring (bicyclic) bond motifs is 1. The van der Waals surface area contributed by atoms with E-state index in [1.165, 1.54) is 25.7 Å². The third-order valence-electron chi connectivity index (χ3n) is 5.05. The van der Waals surface area contributed by atoms with Crippen LogP contribution in [0, 0.1) is 5.92 Å². The Bertz CT molecular complexity index is 371. The molecule has 2 amide bonds. The molecule has 21 heavy (non-hydrogen) atoms. The number of likely N-dealkylation sites (tertiary alicyclic amines) is 1. The van der Waals surface area contributed by atoms with E-state index in [0.717, 1.165) is 32.4 Å². The molecule has 1 aliphatic carbocycles. The molecule has 2 saturated heterocycles. The average molecular weight is 316 g/mol. The maximum atomic E-state index is 12.2. The molecule has 0 aromatic carbocycles. The summed E-state index contributed by atoms with van der Waals surface area (Å²) in [6.45, 7) is 1.85. The van der Waals surface area contributed by atoms with Crippen LogP contribution in [-0.4, -0.2) is 48.4 Å². The van der Waals surface area contributed by atoms with Crippen molar-refractivity contribution in [1.82, 2.24) is 15.5 Å². The summed E-state index contributed by atoms with van der Waals surface area (Å²) in [5, 5.41) is 6.27. The molecule has 0 bridgehead atoms.